The zero-order chi connectivity index (χ0) is 10.5. The van der Waals surface area contributed by atoms with E-state index in [1.165, 1.54) is 51.7 Å². The molecule has 3 nitrogen and oxygen atoms in total. The van der Waals surface area contributed by atoms with Crippen LogP contribution in [0.5, 0.6) is 0 Å². The number of rotatable bonds is 5. The van der Waals surface area contributed by atoms with E-state index in [2.05, 4.69) is 17.3 Å². The minimum absolute atomic E-state index is 0.577. The molecular weight excluding hydrogens is 188 g/mol. The number of likely N-dealkylation sites (tertiary alicyclic amines) is 1. The van der Waals surface area contributed by atoms with Crippen molar-refractivity contribution < 1.29 is 4.74 Å². The SMILES string of the molecule is CNC1CCN(CCCC2CCCO2)C1. The number of nitrogens with zero attached hydrogens (tertiary/aromatic N) is 1. The van der Waals surface area contributed by atoms with E-state index in [-0.39, 0.29) is 0 Å². The molecule has 2 fully saturated rings. The standard InChI is InChI=1S/C12H24N2O/c1-13-11-6-8-14(10-11)7-2-4-12-5-3-9-15-12/h11-13H,2-10H2,1H3. The molecule has 15 heavy (non-hydrogen) atoms. The van der Waals surface area contributed by atoms with Crippen LogP contribution in [-0.4, -0.2) is 50.3 Å². The van der Waals surface area contributed by atoms with Crippen molar-refractivity contribution in [1.29, 1.82) is 0 Å². The van der Waals surface area contributed by atoms with E-state index in [1.807, 2.05) is 0 Å². The molecule has 0 saturated carbocycles. The fourth-order valence-electron chi connectivity index (χ4n) is 2.69. The third kappa shape index (κ3) is 3.44. The zero-order valence-electron chi connectivity index (χ0n) is 9.87. The van der Waals surface area contributed by atoms with Gasteiger partial charge >= 0.3 is 0 Å². The highest BCUT2D eigenvalue weighted by molar-refractivity contribution is 4.79. The van der Waals surface area contributed by atoms with E-state index in [9.17, 15) is 0 Å². The van der Waals surface area contributed by atoms with Crippen molar-refractivity contribution >= 4 is 0 Å². The number of hydrogen-bond donors (Lipinski definition) is 1. The second-order valence-corrected chi connectivity index (χ2v) is 4.85. The van der Waals surface area contributed by atoms with E-state index in [0.717, 1.165) is 12.6 Å². The summed E-state index contributed by atoms with van der Waals surface area (Å²) in [5, 5.41) is 3.36. The molecule has 2 aliphatic heterocycles. The molecule has 2 saturated heterocycles. The molecule has 0 amide bonds. The van der Waals surface area contributed by atoms with Gasteiger partial charge in [-0.25, -0.2) is 0 Å². The quantitative estimate of drug-likeness (QED) is 0.742. The van der Waals surface area contributed by atoms with Crippen molar-refractivity contribution in [2.75, 3.05) is 33.3 Å². The fourth-order valence-corrected chi connectivity index (χ4v) is 2.69. The zero-order valence-corrected chi connectivity index (χ0v) is 9.87. The molecule has 0 bridgehead atoms. The summed E-state index contributed by atoms with van der Waals surface area (Å²) in [6, 6.07) is 0.729. The highest BCUT2D eigenvalue weighted by Crippen LogP contribution is 2.17. The lowest BCUT2D eigenvalue weighted by molar-refractivity contribution is 0.0996. The number of nitrogens with one attached hydrogen (secondary N) is 1. The van der Waals surface area contributed by atoms with Crippen molar-refractivity contribution in [2.24, 2.45) is 0 Å². The van der Waals surface area contributed by atoms with Gasteiger partial charge in [0.15, 0.2) is 0 Å². The molecule has 2 heterocycles. The third-order valence-corrected chi connectivity index (χ3v) is 3.71. The van der Waals surface area contributed by atoms with Crippen molar-refractivity contribution in [3.8, 4) is 0 Å². The minimum atomic E-state index is 0.577. The Morgan fingerprint density at radius 3 is 3.00 bits per heavy atom. The van der Waals surface area contributed by atoms with Gasteiger partial charge in [-0.2, -0.15) is 0 Å². The van der Waals surface area contributed by atoms with Gasteiger partial charge in [-0.15, -0.1) is 0 Å². The molecule has 0 radical (unpaired) electrons. The Morgan fingerprint density at radius 1 is 1.40 bits per heavy atom. The maximum Gasteiger partial charge on any atom is 0.0576 e. The second-order valence-electron chi connectivity index (χ2n) is 4.85. The van der Waals surface area contributed by atoms with Crippen LogP contribution in [0, 0.1) is 0 Å². The van der Waals surface area contributed by atoms with Gasteiger partial charge in [-0.1, -0.05) is 0 Å². The Bertz CT molecular complexity index is 180. The number of ether oxygens (including phenoxy) is 1. The first kappa shape index (κ1) is 11.4. The van der Waals surface area contributed by atoms with E-state index in [1.54, 1.807) is 0 Å². The van der Waals surface area contributed by atoms with Gasteiger partial charge in [0.1, 0.15) is 0 Å². The average molecular weight is 212 g/mol. The molecule has 2 rings (SSSR count). The lowest BCUT2D eigenvalue weighted by atomic mass is 10.1. The van der Waals surface area contributed by atoms with Crippen LogP contribution in [0.25, 0.3) is 0 Å². The van der Waals surface area contributed by atoms with E-state index in [4.69, 9.17) is 4.74 Å². The maximum absolute atomic E-state index is 5.63. The molecule has 0 aromatic carbocycles. The summed E-state index contributed by atoms with van der Waals surface area (Å²) < 4.78 is 5.63. The Morgan fingerprint density at radius 2 is 2.33 bits per heavy atom. The first-order valence-electron chi connectivity index (χ1n) is 6.39. The predicted octanol–water partition coefficient (Wildman–Crippen LogP) is 1.24. The van der Waals surface area contributed by atoms with Gasteiger partial charge < -0.3 is 15.0 Å². The Balaban J connectivity index is 1.54. The van der Waals surface area contributed by atoms with Crippen molar-refractivity contribution in [3.05, 3.63) is 0 Å². The smallest absolute Gasteiger partial charge is 0.0576 e. The van der Waals surface area contributed by atoms with Crippen molar-refractivity contribution in [2.45, 2.75) is 44.2 Å². The van der Waals surface area contributed by atoms with Crippen LogP contribution in [-0.2, 0) is 4.74 Å². The largest absolute Gasteiger partial charge is 0.378 e. The van der Waals surface area contributed by atoms with E-state index in [0.29, 0.717) is 6.10 Å². The monoisotopic (exact) mass is 212 g/mol. The summed E-state index contributed by atoms with van der Waals surface area (Å²) in [7, 11) is 2.07. The summed E-state index contributed by atoms with van der Waals surface area (Å²) in [6.45, 7) is 4.77. The molecule has 0 aromatic rings. The highest BCUT2D eigenvalue weighted by atomic mass is 16.5. The van der Waals surface area contributed by atoms with Gasteiger partial charge in [0.05, 0.1) is 6.10 Å². The highest BCUT2D eigenvalue weighted by Gasteiger charge is 2.21. The Hall–Kier alpha value is -0.120. The van der Waals surface area contributed by atoms with Crippen molar-refractivity contribution in [3.63, 3.8) is 0 Å². The number of hydrogen-bond acceptors (Lipinski definition) is 3. The molecule has 0 spiro atoms. The van der Waals surface area contributed by atoms with Gasteiger partial charge in [-0.05, 0) is 52.2 Å². The lowest BCUT2D eigenvalue weighted by Crippen LogP contribution is -2.30. The first-order valence-corrected chi connectivity index (χ1v) is 6.39. The van der Waals surface area contributed by atoms with Gasteiger partial charge in [0.2, 0.25) is 0 Å². The maximum atomic E-state index is 5.63. The van der Waals surface area contributed by atoms with E-state index >= 15 is 0 Å². The van der Waals surface area contributed by atoms with Gasteiger partial charge in [0, 0.05) is 19.2 Å². The van der Waals surface area contributed by atoms with Crippen LogP contribution in [0.3, 0.4) is 0 Å². The predicted molar refractivity (Wildman–Crippen MR) is 62.1 cm³/mol. The van der Waals surface area contributed by atoms with Crippen LogP contribution >= 0.6 is 0 Å². The van der Waals surface area contributed by atoms with Gasteiger partial charge in [0.25, 0.3) is 0 Å². The summed E-state index contributed by atoms with van der Waals surface area (Å²) >= 11 is 0. The second kappa shape index (κ2) is 5.83. The van der Waals surface area contributed by atoms with Crippen LogP contribution < -0.4 is 5.32 Å². The third-order valence-electron chi connectivity index (χ3n) is 3.71. The summed E-state index contributed by atoms with van der Waals surface area (Å²) in [5.41, 5.74) is 0. The fraction of sp³-hybridized carbons (Fsp3) is 1.00. The summed E-state index contributed by atoms with van der Waals surface area (Å²) in [6.07, 6.45) is 7.03. The topological polar surface area (TPSA) is 24.5 Å². The van der Waals surface area contributed by atoms with Crippen molar-refractivity contribution in [1.82, 2.24) is 10.2 Å². The normalized spacial score (nSPS) is 32.6. The molecule has 1 N–H and O–H groups in total. The molecular formula is C12H24N2O. The molecule has 2 unspecified atom stereocenters. The van der Waals surface area contributed by atoms with Crippen LogP contribution in [0.1, 0.15) is 32.1 Å². The molecule has 0 aliphatic carbocycles. The number of likely N-dealkylation sites (N-methyl/N-ethyl adjacent to an activating group) is 1. The first-order chi connectivity index (χ1) is 7.38. The average Bonchev–Trinajstić information content (AvgIpc) is 2.88. The summed E-state index contributed by atoms with van der Waals surface area (Å²) in [5.74, 6) is 0. The minimum Gasteiger partial charge on any atom is -0.378 e. The lowest BCUT2D eigenvalue weighted by Gasteiger charge is -2.16. The van der Waals surface area contributed by atoms with Crippen LogP contribution in [0.15, 0.2) is 0 Å². The van der Waals surface area contributed by atoms with E-state index < -0.39 is 0 Å². The molecule has 0 aromatic heterocycles. The van der Waals surface area contributed by atoms with Crippen LogP contribution in [0.4, 0.5) is 0 Å². The Labute approximate surface area is 93.2 Å². The molecule has 88 valence electrons. The molecule has 2 aliphatic rings. The van der Waals surface area contributed by atoms with Gasteiger partial charge in [-0.3, -0.25) is 0 Å². The summed E-state index contributed by atoms with van der Waals surface area (Å²) in [4.78, 5) is 2.58. The Kier molecular flexibility index (Phi) is 4.42. The van der Waals surface area contributed by atoms with Crippen LogP contribution in [0.2, 0.25) is 0 Å². The molecule has 3 heteroatoms. The molecule has 2 atom stereocenters.